The van der Waals surface area contributed by atoms with E-state index in [-0.39, 0.29) is 0 Å². The van der Waals surface area contributed by atoms with Gasteiger partial charge in [-0.25, -0.2) is 0 Å². The predicted octanol–water partition coefficient (Wildman–Crippen LogP) is 3.42. The third-order valence-corrected chi connectivity index (χ3v) is 5.23. The molecule has 1 aromatic carbocycles. The van der Waals surface area contributed by atoms with Gasteiger partial charge in [0.05, 0.1) is 12.0 Å². The van der Waals surface area contributed by atoms with Crippen LogP contribution in [-0.4, -0.2) is 45.4 Å². The van der Waals surface area contributed by atoms with E-state index in [2.05, 4.69) is 52.3 Å². The molecule has 1 aromatic heterocycles. The molecule has 1 N–H and O–H groups in total. The van der Waals surface area contributed by atoms with E-state index in [1.165, 1.54) is 11.1 Å². The maximum absolute atomic E-state index is 11.1. The zero-order valence-corrected chi connectivity index (χ0v) is 15.4. The Hall–Kier alpha value is -1.98. The SMILES string of the molecule is C/C(=C\c1ccccc1)CN1CCCC(O)(Cc2nc(C3CC3)no2)C1. The summed E-state index contributed by atoms with van der Waals surface area (Å²) in [6.07, 6.45) is 6.75. The van der Waals surface area contributed by atoms with Gasteiger partial charge in [-0.3, -0.25) is 4.90 Å². The van der Waals surface area contributed by atoms with Gasteiger partial charge in [0.25, 0.3) is 0 Å². The van der Waals surface area contributed by atoms with E-state index in [1.807, 2.05) is 6.07 Å². The Morgan fingerprint density at radius 3 is 2.92 bits per heavy atom. The van der Waals surface area contributed by atoms with Crippen LogP contribution in [-0.2, 0) is 6.42 Å². The van der Waals surface area contributed by atoms with Crippen LogP contribution in [0, 0.1) is 0 Å². The largest absolute Gasteiger partial charge is 0.388 e. The van der Waals surface area contributed by atoms with E-state index in [1.54, 1.807) is 0 Å². The van der Waals surface area contributed by atoms with E-state index in [0.717, 1.165) is 44.6 Å². The van der Waals surface area contributed by atoms with Crippen LogP contribution in [0.15, 0.2) is 40.4 Å². The third kappa shape index (κ3) is 4.40. The summed E-state index contributed by atoms with van der Waals surface area (Å²) in [6, 6.07) is 10.4. The van der Waals surface area contributed by atoms with Gasteiger partial charge in [0, 0.05) is 19.0 Å². The number of aliphatic hydroxyl groups is 1. The summed E-state index contributed by atoms with van der Waals surface area (Å²) < 4.78 is 5.38. The number of β-amino-alcohol motifs (C(OH)–C–C–N with tert-alkyl or cyclic N) is 1. The number of aromatic nitrogens is 2. The second-order valence-corrected chi connectivity index (χ2v) is 7.94. The molecule has 0 radical (unpaired) electrons. The Labute approximate surface area is 154 Å². The Morgan fingerprint density at radius 2 is 2.15 bits per heavy atom. The topological polar surface area (TPSA) is 62.4 Å². The summed E-state index contributed by atoms with van der Waals surface area (Å²) in [5.41, 5.74) is 1.74. The van der Waals surface area contributed by atoms with E-state index in [0.29, 0.717) is 24.8 Å². The molecule has 1 unspecified atom stereocenters. The molecule has 138 valence electrons. The fourth-order valence-corrected chi connectivity index (χ4v) is 3.85. The second-order valence-electron chi connectivity index (χ2n) is 7.94. The maximum atomic E-state index is 11.1. The normalized spacial score (nSPS) is 24.8. The Bertz CT molecular complexity index is 767. The molecule has 0 spiro atoms. The fourth-order valence-electron chi connectivity index (χ4n) is 3.85. The molecular weight excluding hydrogens is 326 g/mol. The van der Waals surface area contributed by atoms with Gasteiger partial charge in [0.15, 0.2) is 5.82 Å². The highest BCUT2D eigenvalue weighted by atomic mass is 16.5. The molecule has 1 saturated heterocycles. The number of hydrogen-bond donors (Lipinski definition) is 1. The fraction of sp³-hybridized carbons (Fsp3) is 0.524. The van der Waals surface area contributed by atoms with Crippen molar-refractivity contribution in [2.45, 2.75) is 50.5 Å². The number of hydrogen-bond acceptors (Lipinski definition) is 5. The molecule has 5 nitrogen and oxygen atoms in total. The van der Waals surface area contributed by atoms with Crippen molar-refractivity contribution in [2.24, 2.45) is 0 Å². The Kier molecular flexibility index (Phi) is 4.92. The Morgan fingerprint density at radius 1 is 1.35 bits per heavy atom. The van der Waals surface area contributed by atoms with Gasteiger partial charge < -0.3 is 9.63 Å². The zero-order valence-electron chi connectivity index (χ0n) is 15.4. The van der Waals surface area contributed by atoms with Gasteiger partial charge in [-0.15, -0.1) is 0 Å². The first-order chi connectivity index (χ1) is 12.6. The molecule has 0 amide bonds. The monoisotopic (exact) mass is 353 g/mol. The van der Waals surface area contributed by atoms with Crippen LogP contribution in [0.4, 0.5) is 0 Å². The predicted molar refractivity (Wildman–Crippen MR) is 101 cm³/mol. The minimum absolute atomic E-state index is 0.449. The molecule has 4 rings (SSSR count). The molecule has 1 atom stereocenters. The van der Waals surface area contributed by atoms with Crippen molar-refractivity contribution in [3.63, 3.8) is 0 Å². The van der Waals surface area contributed by atoms with Crippen molar-refractivity contribution in [2.75, 3.05) is 19.6 Å². The maximum Gasteiger partial charge on any atom is 0.229 e. The van der Waals surface area contributed by atoms with E-state index >= 15 is 0 Å². The van der Waals surface area contributed by atoms with E-state index in [9.17, 15) is 5.11 Å². The van der Waals surface area contributed by atoms with Crippen LogP contribution in [0.3, 0.4) is 0 Å². The summed E-state index contributed by atoms with van der Waals surface area (Å²) in [5.74, 6) is 1.88. The van der Waals surface area contributed by atoms with Gasteiger partial charge in [-0.1, -0.05) is 47.1 Å². The lowest BCUT2D eigenvalue weighted by molar-refractivity contribution is -0.0322. The van der Waals surface area contributed by atoms with Crippen LogP contribution >= 0.6 is 0 Å². The van der Waals surface area contributed by atoms with Crippen LogP contribution in [0.2, 0.25) is 0 Å². The lowest BCUT2D eigenvalue weighted by atomic mass is 9.89. The molecule has 2 heterocycles. The molecule has 1 aliphatic heterocycles. The number of nitrogens with zero attached hydrogens (tertiary/aromatic N) is 3. The standard InChI is InChI=1S/C21H27N3O2/c1-16(12-17-6-3-2-4-7-17)14-24-11-5-10-21(25,15-24)13-19-22-20(23-26-19)18-8-9-18/h2-4,6-7,12,18,25H,5,8-11,13-15H2,1H3/b16-12+. The van der Waals surface area contributed by atoms with Gasteiger partial charge >= 0.3 is 0 Å². The summed E-state index contributed by atoms with van der Waals surface area (Å²) in [5, 5.41) is 15.1. The first-order valence-corrected chi connectivity index (χ1v) is 9.59. The quantitative estimate of drug-likeness (QED) is 0.862. The first-order valence-electron chi connectivity index (χ1n) is 9.59. The summed E-state index contributed by atoms with van der Waals surface area (Å²) in [4.78, 5) is 6.82. The average Bonchev–Trinajstić information content (AvgIpc) is 3.36. The highest BCUT2D eigenvalue weighted by Gasteiger charge is 2.36. The van der Waals surface area contributed by atoms with E-state index in [4.69, 9.17) is 4.52 Å². The van der Waals surface area contributed by atoms with Crippen molar-refractivity contribution in [1.29, 1.82) is 0 Å². The van der Waals surface area contributed by atoms with Crippen molar-refractivity contribution in [3.8, 4) is 0 Å². The van der Waals surface area contributed by atoms with Crippen LogP contribution in [0.5, 0.6) is 0 Å². The van der Waals surface area contributed by atoms with Crippen LogP contribution < -0.4 is 0 Å². The van der Waals surface area contributed by atoms with Crippen molar-refractivity contribution in [1.82, 2.24) is 15.0 Å². The summed E-state index contributed by atoms with van der Waals surface area (Å²) in [6.45, 7) is 4.68. The highest BCUT2D eigenvalue weighted by molar-refractivity contribution is 5.52. The van der Waals surface area contributed by atoms with Crippen LogP contribution in [0.1, 0.15) is 55.8 Å². The van der Waals surface area contributed by atoms with Gasteiger partial charge in [-0.2, -0.15) is 4.98 Å². The molecule has 2 fully saturated rings. The van der Waals surface area contributed by atoms with Crippen molar-refractivity contribution in [3.05, 3.63) is 53.2 Å². The molecule has 1 aliphatic carbocycles. The number of benzene rings is 1. The zero-order chi connectivity index (χ0) is 18.0. The van der Waals surface area contributed by atoms with Crippen LogP contribution in [0.25, 0.3) is 6.08 Å². The minimum atomic E-state index is -0.779. The summed E-state index contributed by atoms with van der Waals surface area (Å²) in [7, 11) is 0. The summed E-state index contributed by atoms with van der Waals surface area (Å²) >= 11 is 0. The lowest BCUT2D eigenvalue weighted by Crippen LogP contribution is -2.49. The van der Waals surface area contributed by atoms with Gasteiger partial charge in [-0.05, 0) is 44.7 Å². The Balaban J connectivity index is 1.37. The first kappa shape index (κ1) is 17.4. The number of rotatable bonds is 6. The molecule has 26 heavy (non-hydrogen) atoms. The lowest BCUT2D eigenvalue weighted by Gasteiger charge is -2.38. The van der Waals surface area contributed by atoms with E-state index < -0.39 is 5.60 Å². The highest BCUT2D eigenvalue weighted by Crippen LogP contribution is 2.38. The second kappa shape index (κ2) is 7.33. The number of piperidine rings is 1. The average molecular weight is 353 g/mol. The molecule has 5 heteroatoms. The minimum Gasteiger partial charge on any atom is -0.388 e. The molecule has 2 aromatic rings. The third-order valence-electron chi connectivity index (χ3n) is 5.23. The molecular formula is C21H27N3O2. The molecule has 2 aliphatic rings. The molecule has 0 bridgehead atoms. The smallest absolute Gasteiger partial charge is 0.229 e. The number of likely N-dealkylation sites (tertiary alicyclic amines) is 1. The van der Waals surface area contributed by atoms with Crippen molar-refractivity contribution >= 4 is 6.08 Å². The molecule has 1 saturated carbocycles. The van der Waals surface area contributed by atoms with Gasteiger partial charge in [0.2, 0.25) is 5.89 Å². The van der Waals surface area contributed by atoms with Crippen molar-refractivity contribution < 1.29 is 9.63 Å². The van der Waals surface area contributed by atoms with Gasteiger partial charge in [0.1, 0.15) is 0 Å².